The Hall–Kier alpha value is -1.29. The standard InChI is InChI=1S/C13H11Cl2NO2/c14-12-2-1-3-13(15)11(12)8-18-10-5-4-9(7-17)16-6-10/h1-6,17H,7-8H2. The van der Waals surface area contributed by atoms with Gasteiger partial charge in [0.25, 0.3) is 0 Å². The van der Waals surface area contributed by atoms with Gasteiger partial charge in [-0.25, -0.2) is 0 Å². The largest absolute Gasteiger partial charge is 0.487 e. The predicted octanol–water partition coefficient (Wildman–Crippen LogP) is 3.46. The minimum absolute atomic E-state index is 0.0867. The molecule has 1 aromatic carbocycles. The molecule has 0 atom stereocenters. The molecule has 18 heavy (non-hydrogen) atoms. The van der Waals surface area contributed by atoms with Crippen molar-refractivity contribution in [2.75, 3.05) is 0 Å². The van der Waals surface area contributed by atoms with Crippen LogP contribution in [0.1, 0.15) is 11.3 Å². The van der Waals surface area contributed by atoms with Gasteiger partial charge < -0.3 is 9.84 Å². The molecular formula is C13H11Cl2NO2. The topological polar surface area (TPSA) is 42.4 Å². The first-order valence-corrected chi connectivity index (χ1v) is 6.08. The maximum Gasteiger partial charge on any atom is 0.138 e. The fourth-order valence-electron chi connectivity index (χ4n) is 1.42. The summed E-state index contributed by atoms with van der Waals surface area (Å²) in [5.74, 6) is 0.600. The summed E-state index contributed by atoms with van der Waals surface area (Å²) >= 11 is 12.1. The van der Waals surface area contributed by atoms with Crippen LogP contribution in [-0.2, 0) is 13.2 Å². The molecule has 1 heterocycles. The van der Waals surface area contributed by atoms with E-state index in [1.54, 1.807) is 36.5 Å². The zero-order valence-corrected chi connectivity index (χ0v) is 10.9. The van der Waals surface area contributed by atoms with Gasteiger partial charge in [0.1, 0.15) is 12.4 Å². The Labute approximate surface area is 115 Å². The molecule has 3 nitrogen and oxygen atoms in total. The summed E-state index contributed by atoms with van der Waals surface area (Å²) in [5, 5.41) is 10.0. The number of aromatic nitrogens is 1. The minimum atomic E-state index is -0.0867. The molecule has 0 saturated heterocycles. The Bertz CT molecular complexity index is 509. The Balaban J connectivity index is 2.06. The third kappa shape index (κ3) is 3.13. The van der Waals surface area contributed by atoms with E-state index in [4.69, 9.17) is 33.0 Å². The molecule has 0 unspecified atom stereocenters. The van der Waals surface area contributed by atoms with Crippen LogP contribution in [0, 0.1) is 0 Å². The van der Waals surface area contributed by atoms with Crippen molar-refractivity contribution < 1.29 is 9.84 Å². The molecule has 0 fully saturated rings. The number of pyridine rings is 1. The van der Waals surface area contributed by atoms with E-state index in [9.17, 15) is 0 Å². The van der Waals surface area contributed by atoms with Crippen LogP contribution in [0.15, 0.2) is 36.5 Å². The second-order valence-corrected chi connectivity index (χ2v) is 4.45. The molecular weight excluding hydrogens is 273 g/mol. The van der Waals surface area contributed by atoms with Crippen LogP contribution in [0.2, 0.25) is 10.0 Å². The number of aliphatic hydroxyl groups excluding tert-OH is 1. The van der Waals surface area contributed by atoms with E-state index < -0.39 is 0 Å². The van der Waals surface area contributed by atoms with Crippen molar-refractivity contribution in [2.45, 2.75) is 13.2 Å². The SMILES string of the molecule is OCc1ccc(OCc2c(Cl)cccc2Cl)cn1. The molecule has 0 spiro atoms. The predicted molar refractivity (Wildman–Crippen MR) is 71.0 cm³/mol. The van der Waals surface area contributed by atoms with Gasteiger partial charge in [-0.3, -0.25) is 4.98 Å². The molecule has 0 bridgehead atoms. The van der Waals surface area contributed by atoms with Crippen LogP contribution in [0.4, 0.5) is 0 Å². The van der Waals surface area contributed by atoms with Crippen molar-refractivity contribution >= 4 is 23.2 Å². The number of halogens is 2. The first-order valence-electron chi connectivity index (χ1n) is 5.32. The van der Waals surface area contributed by atoms with Crippen LogP contribution in [-0.4, -0.2) is 10.1 Å². The highest BCUT2D eigenvalue weighted by Crippen LogP contribution is 2.25. The van der Waals surface area contributed by atoms with Gasteiger partial charge in [0.2, 0.25) is 0 Å². The molecule has 2 aromatic rings. The first kappa shape index (κ1) is 13.1. The Kier molecular flexibility index (Phi) is 4.42. The molecule has 5 heteroatoms. The van der Waals surface area contributed by atoms with Gasteiger partial charge in [0.15, 0.2) is 0 Å². The maximum atomic E-state index is 8.87. The molecule has 0 aliphatic heterocycles. The Morgan fingerprint density at radius 1 is 1.11 bits per heavy atom. The molecule has 2 rings (SSSR count). The van der Waals surface area contributed by atoms with Gasteiger partial charge >= 0.3 is 0 Å². The van der Waals surface area contributed by atoms with E-state index in [1.165, 1.54) is 0 Å². The van der Waals surface area contributed by atoms with Crippen molar-refractivity contribution in [3.8, 4) is 5.75 Å². The summed E-state index contributed by atoms with van der Waals surface area (Å²) in [4.78, 5) is 4.01. The van der Waals surface area contributed by atoms with Gasteiger partial charge in [0, 0.05) is 15.6 Å². The quantitative estimate of drug-likeness (QED) is 0.934. The Morgan fingerprint density at radius 3 is 2.39 bits per heavy atom. The normalized spacial score (nSPS) is 10.4. The van der Waals surface area contributed by atoms with Crippen LogP contribution in [0.25, 0.3) is 0 Å². The number of nitrogens with zero attached hydrogens (tertiary/aromatic N) is 1. The summed E-state index contributed by atoms with van der Waals surface area (Å²) in [7, 11) is 0. The van der Waals surface area contributed by atoms with E-state index in [0.29, 0.717) is 21.5 Å². The molecule has 1 aromatic heterocycles. The molecule has 1 N–H and O–H groups in total. The number of aliphatic hydroxyl groups is 1. The summed E-state index contributed by atoms with van der Waals surface area (Å²) in [6.07, 6.45) is 1.55. The molecule has 0 aliphatic rings. The zero-order chi connectivity index (χ0) is 13.0. The third-order valence-corrected chi connectivity index (χ3v) is 3.11. The summed E-state index contributed by atoms with van der Waals surface area (Å²) in [6, 6.07) is 8.75. The number of benzene rings is 1. The fourth-order valence-corrected chi connectivity index (χ4v) is 1.92. The molecule has 94 valence electrons. The van der Waals surface area contributed by atoms with Gasteiger partial charge in [-0.15, -0.1) is 0 Å². The van der Waals surface area contributed by atoms with Crippen LogP contribution in [0.5, 0.6) is 5.75 Å². The van der Waals surface area contributed by atoms with Gasteiger partial charge in [0.05, 0.1) is 18.5 Å². The van der Waals surface area contributed by atoms with Crippen LogP contribution < -0.4 is 4.74 Å². The smallest absolute Gasteiger partial charge is 0.138 e. The number of hydrogen-bond acceptors (Lipinski definition) is 3. The summed E-state index contributed by atoms with van der Waals surface area (Å²) in [5.41, 5.74) is 1.34. The van der Waals surface area contributed by atoms with Crippen molar-refractivity contribution in [3.63, 3.8) is 0 Å². The second kappa shape index (κ2) is 6.05. The van der Waals surface area contributed by atoms with Crippen molar-refractivity contribution in [1.29, 1.82) is 0 Å². The summed E-state index contributed by atoms with van der Waals surface area (Å²) < 4.78 is 5.54. The van der Waals surface area contributed by atoms with E-state index in [2.05, 4.69) is 4.98 Å². The maximum absolute atomic E-state index is 8.87. The first-order chi connectivity index (χ1) is 8.70. The molecule has 0 saturated carbocycles. The molecule has 0 radical (unpaired) electrons. The lowest BCUT2D eigenvalue weighted by molar-refractivity contribution is 0.275. The Morgan fingerprint density at radius 2 is 1.83 bits per heavy atom. The lowest BCUT2D eigenvalue weighted by atomic mass is 10.2. The van der Waals surface area contributed by atoms with Gasteiger partial charge in [-0.2, -0.15) is 0 Å². The fraction of sp³-hybridized carbons (Fsp3) is 0.154. The van der Waals surface area contributed by atoms with E-state index >= 15 is 0 Å². The number of hydrogen-bond donors (Lipinski definition) is 1. The van der Waals surface area contributed by atoms with Crippen LogP contribution >= 0.6 is 23.2 Å². The highest BCUT2D eigenvalue weighted by Gasteiger charge is 2.06. The number of rotatable bonds is 4. The van der Waals surface area contributed by atoms with Gasteiger partial charge in [-0.05, 0) is 24.3 Å². The lowest BCUT2D eigenvalue weighted by Gasteiger charge is -2.09. The van der Waals surface area contributed by atoms with E-state index in [1.807, 2.05) is 0 Å². The lowest BCUT2D eigenvalue weighted by Crippen LogP contribution is -1.98. The monoisotopic (exact) mass is 283 g/mol. The van der Waals surface area contributed by atoms with Crippen molar-refractivity contribution in [1.82, 2.24) is 4.98 Å². The highest BCUT2D eigenvalue weighted by molar-refractivity contribution is 6.35. The van der Waals surface area contributed by atoms with E-state index in [0.717, 1.165) is 5.56 Å². The average molecular weight is 284 g/mol. The average Bonchev–Trinajstić information content (AvgIpc) is 2.39. The third-order valence-electron chi connectivity index (χ3n) is 2.40. The van der Waals surface area contributed by atoms with Crippen molar-refractivity contribution in [3.05, 3.63) is 57.8 Å². The van der Waals surface area contributed by atoms with E-state index in [-0.39, 0.29) is 13.2 Å². The highest BCUT2D eigenvalue weighted by atomic mass is 35.5. The van der Waals surface area contributed by atoms with Crippen molar-refractivity contribution in [2.24, 2.45) is 0 Å². The number of ether oxygens (including phenoxy) is 1. The van der Waals surface area contributed by atoms with Crippen LogP contribution in [0.3, 0.4) is 0 Å². The molecule has 0 amide bonds. The minimum Gasteiger partial charge on any atom is -0.487 e. The molecule has 0 aliphatic carbocycles. The second-order valence-electron chi connectivity index (χ2n) is 3.63. The van der Waals surface area contributed by atoms with Gasteiger partial charge in [-0.1, -0.05) is 29.3 Å². The zero-order valence-electron chi connectivity index (χ0n) is 9.44. The summed E-state index contributed by atoms with van der Waals surface area (Å²) in [6.45, 7) is 0.190.